The maximum atomic E-state index is 12.2. The first-order chi connectivity index (χ1) is 12.3. The summed E-state index contributed by atoms with van der Waals surface area (Å²) in [6, 6.07) is 6.07. The van der Waals surface area contributed by atoms with Gasteiger partial charge in [0.1, 0.15) is 5.75 Å². The van der Waals surface area contributed by atoms with E-state index in [9.17, 15) is 22.8 Å². The van der Waals surface area contributed by atoms with E-state index in [1.165, 1.54) is 12.1 Å². The average molecular weight is 389 g/mol. The summed E-state index contributed by atoms with van der Waals surface area (Å²) in [5.74, 6) is -0.412. The number of benzene rings is 1. The Kier molecular flexibility index (Phi) is 8.08. The van der Waals surface area contributed by atoms with Crippen LogP contribution in [-0.2, 0) is 16.1 Å². The average Bonchev–Trinajstić information content (AvgIpc) is 2.48. The van der Waals surface area contributed by atoms with E-state index >= 15 is 0 Å². The van der Waals surface area contributed by atoms with E-state index in [-0.39, 0.29) is 42.7 Å². The SMILES string of the molecule is CN(CC(=O)NCc1cccc(OCC(F)(F)F)c1)CC(=O)NC(C)(C)C. The fraction of sp³-hybridized carbons (Fsp3) is 0.556. The molecule has 0 saturated carbocycles. The minimum atomic E-state index is -4.41. The maximum Gasteiger partial charge on any atom is 0.422 e. The molecule has 9 heteroatoms. The lowest BCUT2D eigenvalue weighted by atomic mass is 10.1. The molecular weight excluding hydrogens is 363 g/mol. The number of rotatable bonds is 8. The topological polar surface area (TPSA) is 70.7 Å². The van der Waals surface area contributed by atoms with Gasteiger partial charge in [0.15, 0.2) is 6.61 Å². The molecule has 0 aliphatic heterocycles. The second-order valence-electron chi connectivity index (χ2n) is 7.30. The van der Waals surface area contributed by atoms with Crippen molar-refractivity contribution >= 4 is 11.8 Å². The monoisotopic (exact) mass is 389 g/mol. The zero-order chi connectivity index (χ0) is 20.7. The van der Waals surface area contributed by atoms with Gasteiger partial charge in [0.2, 0.25) is 11.8 Å². The van der Waals surface area contributed by atoms with Crippen molar-refractivity contribution in [1.29, 1.82) is 0 Å². The molecular formula is C18H26F3N3O3. The number of hydrogen-bond donors (Lipinski definition) is 2. The Labute approximate surface area is 157 Å². The van der Waals surface area contributed by atoms with Crippen LogP contribution < -0.4 is 15.4 Å². The van der Waals surface area contributed by atoms with Crippen molar-refractivity contribution in [2.75, 3.05) is 26.7 Å². The molecule has 0 unspecified atom stereocenters. The predicted molar refractivity (Wildman–Crippen MR) is 95.2 cm³/mol. The number of halogens is 3. The number of nitrogens with zero attached hydrogens (tertiary/aromatic N) is 1. The van der Waals surface area contributed by atoms with E-state index in [4.69, 9.17) is 0 Å². The van der Waals surface area contributed by atoms with Gasteiger partial charge in [-0.3, -0.25) is 14.5 Å². The number of alkyl halides is 3. The molecule has 0 saturated heterocycles. The van der Waals surface area contributed by atoms with Crippen LogP contribution in [0.3, 0.4) is 0 Å². The lowest BCUT2D eigenvalue weighted by Gasteiger charge is -2.23. The number of hydrogen-bond acceptors (Lipinski definition) is 4. The van der Waals surface area contributed by atoms with Crippen molar-refractivity contribution in [1.82, 2.24) is 15.5 Å². The highest BCUT2D eigenvalue weighted by Crippen LogP contribution is 2.19. The minimum Gasteiger partial charge on any atom is -0.484 e. The fourth-order valence-corrected chi connectivity index (χ4v) is 2.17. The zero-order valence-corrected chi connectivity index (χ0v) is 15.9. The number of amides is 2. The summed E-state index contributed by atoms with van der Waals surface area (Å²) < 4.78 is 41.2. The van der Waals surface area contributed by atoms with Crippen LogP contribution in [0.4, 0.5) is 13.2 Å². The van der Waals surface area contributed by atoms with Crippen LogP contribution >= 0.6 is 0 Å². The highest BCUT2D eigenvalue weighted by molar-refractivity contribution is 5.81. The van der Waals surface area contributed by atoms with Crippen LogP contribution in [0.1, 0.15) is 26.3 Å². The summed E-state index contributed by atoms with van der Waals surface area (Å²) in [5.41, 5.74) is 0.260. The van der Waals surface area contributed by atoms with Gasteiger partial charge in [-0.2, -0.15) is 13.2 Å². The summed E-state index contributed by atoms with van der Waals surface area (Å²) >= 11 is 0. The van der Waals surface area contributed by atoms with Crippen molar-refractivity contribution in [3.63, 3.8) is 0 Å². The molecule has 1 rings (SSSR count). The van der Waals surface area contributed by atoms with Gasteiger partial charge >= 0.3 is 6.18 Å². The van der Waals surface area contributed by atoms with Crippen LogP contribution in [0.25, 0.3) is 0 Å². The van der Waals surface area contributed by atoms with E-state index in [0.29, 0.717) is 5.56 Å². The van der Waals surface area contributed by atoms with Gasteiger partial charge < -0.3 is 15.4 Å². The summed E-state index contributed by atoms with van der Waals surface area (Å²) in [6.45, 7) is 4.46. The highest BCUT2D eigenvalue weighted by Gasteiger charge is 2.28. The molecule has 0 aliphatic rings. The molecule has 0 fully saturated rings. The Morgan fingerprint density at radius 3 is 2.33 bits per heavy atom. The Bertz CT molecular complexity index is 643. The molecule has 0 atom stereocenters. The van der Waals surface area contributed by atoms with Crippen molar-refractivity contribution in [2.45, 2.75) is 39.0 Å². The van der Waals surface area contributed by atoms with Gasteiger partial charge in [0.05, 0.1) is 13.1 Å². The van der Waals surface area contributed by atoms with Crippen LogP contribution in [0.5, 0.6) is 5.75 Å². The van der Waals surface area contributed by atoms with Crippen molar-refractivity contribution in [2.24, 2.45) is 0 Å². The Morgan fingerprint density at radius 2 is 1.74 bits per heavy atom. The van der Waals surface area contributed by atoms with Crippen molar-refractivity contribution < 1.29 is 27.5 Å². The van der Waals surface area contributed by atoms with Crippen LogP contribution in [-0.4, -0.2) is 55.2 Å². The first-order valence-corrected chi connectivity index (χ1v) is 8.39. The normalized spacial score (nSPS) is 12.0. The Morgan fingerprint density at radius 1 is 1.11 bits per heavy atom. The van der Waals surface area contributed by atoms with Crippen LogP contribution in [0.15, 0.2) is 24.3 Å². The Hall–Kier alpha value is -2.29. The van der Waals surface area contributed by atoms with Crippen molar-refractivity contribution in [3.05, 3.63) is 29.8 Å². The second kappa shape index (κ2) is 9.59. The highest BCUT2D eigenvalue weighted by atomic mass is 19.4. The van der Waals surface area contributed by atoms with Crippen LogP contribution in [0, 0.1) is 0 Å². The fourth-order valence-electron chi connectivity index (χ4n) is 2.17. The third-order valence-electron chi connectivity index (χ3n) is 3.13. The quantitative estimate of drug-likeness (QED) is 0.714. The molecule has 0 aromatic heterocycles. The first kappa shape index (κ1) is 22.8. The maximum absolute atomic E-state index is 12.2. The van der Waals surface area contributed by atoms with E-state index in [1.54, 1.807) is 24.1 Å². The summed E-state index contributed by atoms with van der Waals surface area (Å²) in [6.07, 6.45) is -4.41. The molecule has 1 aromatic carbocycles. The summed E-state index contributed by atoms with van der Waals surface area (Å²) in [5, 5.41) is 5.46. The lowest BCUT2D eigenvalue weighted by molar-refractivity contribution is -0.153. The molecule has 0 radical (unpaired) electrons. The number of ether oxygens (including phenoxy) is 1. The minimum absolute atomic E-state index is 0.0157. The third-order valence-corrected chi connectivity index (χ3v) is 3.13. The molecule has 0 bridgehead atoms. The van der Waals surface area contributed by atoms with Gasteiger partial charge in [-0.1, -0.05) is 12.1 Å². The largest absolute Gasteiger partial charge is 0.484 e. The van der Waals surface area contributed by atoms with E-state index in [1.807, 2.05) is 20.8 Å². The standard InChI is InChI=1S/C18H26F3N3O3/c1-17(2,3)23-16(26)11-24(4)10-15(25)22-9-13-6-5-7-14(8-13)27-12-18(19,20)21/h5-8H,9-12H2,1-4H3,(H,22,25)(H,23,26). The number of likely N-dealkylation sites (N-methyl/N-ethyl adjacent to an activating group) is 1. The number of carbonyl (C=O) groups excluding carboxylic acids is 2. The number of carbonyl (C=O) groups is 2. The molecule has 152 valence electrons. The van der Waals surface area contributed by atoms with Crippen LogP contribution in [0.2, 0.25) is 0 Å². The molecule has 6 nitrogen and oxygen atoms in total. The third kappa shape index (κ3) is 11.1. The van der Waals surface area contributed by atoms with Crippen molar-refractivity contribution in [3.8, 4) is 5.75 Å². The predicted octanol–water partition coefficient (Wildman–Crippen LogP) is 2.09. The molecule has 2 N–H and O–H groups in total. The van der Waals surface area contributed by atoms with Gasteiger partial charge in [-0.25, -0.2) is 0 Å². The van der Waals surface area contributed by atoms with E-state index in [2.05, 4.69) is 15.4 Å². The summed E-state index contributed by atoms with van der Waals surface area (Å²) in [4.78, 5) is 25.4. The zero-order valence-electron chi connectivity index (χ0n) is 15.9. The van der Waals surface area contributed by atoms with Gasteiger partial charge in [0, 0.05) is 12.1 Å². The molecule has 27 heavy (non-hydrogen) atoms. The molecule has 0 aliphatic carbocycles. The summed E-state index contributed by atoms with van der Waals surface area (Å²) in [7, 11) is 1.65. The second-order valence-corrected chi connectivity index (χ2v) is 7.30. The Balaban J connectivity index is 2.42. The van der Waals surface area contributed by atoms with E-state index in [0.717, 1.165) is 0 Å². The molecule has 0 spiro atoms. The smallest absolute Gasteiger partial charge is 0.422 e. The van der Waals surface area contributed by atoms with Gasteiger partial charge in [-0.05, 0) is 45.5 Å². The van der Waals surface area contributed by atoms with Gasteiger partial charge in [-0.15, -0.1) is 0 Å². The van der Waals surface area contributed by atoms with Gasteiger partial charge in [0.25, 0.3) is 0 Å². The molecule has 2 amide bonds. The molecule has 1 aromatic rings. The lowest BCUT2D eigenvalue weighted by Crippen LogP contribution is -2.46. The number of nitrogens with one attached hydrogen (secondary N) is 2. The van der Waals surface area contributed by atoms with E-state index < -0.39 is 12.8 Å². The molecule has 0 heterocycles. The first-order valence-electron chi connectivity index (χ1n) is 8.39.